The van der Waals surface area contributed by atoms with E-state index in [0.717, 1.165) is 6.07 Å². The molecule has 1 amide bonds. The Kier molecular flexibility index (Phi) is 4.61. The van der Waals surface area contributed by atoms with Crippen molar-refractivity contribution in [2.75, 3.05) is 19.5 Å². The zero-order chi connectivity index (χ0) is 15.5. The van der Waals surface area contributed by atoms with Gasteiger partial charge >= 0.3 is 0 Å². The van der Waals surface area contributed by atoms with Crippen LogP contribution in [-0.4, -0.2) is 30.1 Å². The van der Waals surface area contributed by atoms with Crippen molar-refractivity contribution < 1.29 is 18.8 Å². The molecule has 0 saturated carbocycles. The number of anilines is 1. The van der Waals surface area contributed by atoms with Gasteiger partial charge in [0.1, 0.15) is 11.5 Å². The normalized spacial score (nSPS) is 11.2. The second-order valence-corrected chi connectivity index (χ2v) is 4.91. The van der Waals surface area contributed by atoms with Gasteiger partial charge in [0, 0.05) is 7.11 Å². The van der Waals surface area contributed by atoms with Crippen molar-refractivity contribution in [3.63, 3.8) is 0 Å². The number of benzene rings is 1. The van der Waals surface area contributed by atoms with E-state index in [1.54, 1.807) is 13.8 Å². The molecule has 0 unspecified atom stereocenters. The number of amides is 1. The number of hydrogen-bond donors (Lipinski definition) is 2. The Hall–Kier alpha value is -2.22. The molecular formula is C12H16FN3O4. The molecule has 0 atom stereocenters. The summed E-state index contributed by atoms with van der Waals surface area (Å²) >= 11 is 0. The van der Waals surface area contributed by atoms with Crippen molar-refractivity contribution in [1.82, 2.24) is 5.32 Å². The summed E-state index contributed by atoms with van der Waals surface area (Å²) in [7, 11) is 1.47. The standard InChI is InChI=1S/C12H16FN3O4/c1-12(2,6-20-3)15-11(17)8-4-7(13)5-9(10(8)14)16(18)19/h4-5H,6,14H2,1-3H3,(H,15,17). The molecule has 3 N–H and O–H groups in total. The maximum Gasteiger partial charge on any atom is 0.295 e. The summed E-state index contributed by atoms with van der Waals surface area (Å²) in [5.74, 6) is -1.60. The number of nitro groups is 1. The molecule has 110 valence electrons. The molecule has 20 heavy (non-hydrogen) atoms. The van der Waals surface area contributed by atoms with E-state index >= 15 is 0 Å². The van der Waals surface area contributed by atoms with Gasteiger partial charge in [0.05, 0.1) is 28.7 Å². The number of nitrogens with zero attached hydrogens (tertiary/aromatic N) is 1. The average Bonchev–Trinajstić information content (AvgIpc) is 2.30. The van der Waals surface area contributed by atoms with Crippen LogP contribution in [0.3, 0.4) is 0 Å². The first-order valence-corrected chi connectivity index (χ1v) is 5.73. The Balaban J connectivity index is 3.14. The van der Waals surface area contributed by atoms with Crippen LogP contribution >= 0.6 is 0 Å². The van der Waals surface area contributed by atoms with Crippen molar-refractivity contribution in [2.24, 2.45) is 0 Å². The van der Waals surface area contributed by atoms with Crippen LogP contribution in [-0.2, 0) is 4.74 Å². The number of hydrogen-bond acceptors (Lipinski definition) is 5. The average molecular weight is 285 g/mol. The Bertz CT molecular complexity index is 546. The summed E-state index contributed by atoms with van der Waals surface area (Å²) in [5.41, 5.74) is 3.53. The van der Waals surface area contributed by atoms with Gasteiger partial charge in [-0.3, -0.25) is 14.9 Å². The maximum absolute atomic E-state index is 13.3. The number of nitrogens with two attached hydrogens (primary N) is 1. The number of carbonyl (C=O) groups excluding carboxylic acids is 1. The number of nitro benzene ring substituents is 1. The van der Waals surface area contributed by atoms with Crippen molar-refractivity contribution in [2.45, 2.75) is 19.4 Å². The van der Waals surface area contributed by atoms with E-state index in [2.05, 4.69) is 5.32 Å². The summed E-state index contributed by atoms with van der Waals surface area (Å²) in [4.78, 5) is 22.0. The molecule has 0 aliphatic carbocycles. The van der Waals surface area contributed by atoms with Gasteiger partial charge in [0.15, 0.2) is 0 Å². The maximum atomic E-state index is 13.3. The summed E-state index contributed by atoms with van der Waals surface area (Å²) in [6, 6.07) is 1.53. The van der Waals surface area contributed by atoms with Crippen LogP contribution < -0.4 is 11.1 Å². The fourth-order valence-corrected chi connectivity index (χ4v) is 1.71. The lowest BCUT2D eigenvalue weighted by atomic mass is 10.0. The Labute approximate surface area is 115 Å². The van der Waals surface area contributed by atoms with Gasteiger partial charge in [-0.25, -0.2) is 4.39 Å². The molecule has 0 radical (unpaired) electrons. The minimum atomic E-state index is -0.902. The number of nitrogens with one attached hydrogen (secondary N) is 1. The number of carbonyl (C=O) groups is 1. The first-order valence-electron chi connectivity index (χ1n) is 5.73. The highest BCUT2D eigenvalue weighted by Gasteiger charge is 2.26. The number of ether oxygens (including phenoxy) is 1. The van der Waals surface area contributed by atoms with Crippen LogP contribution in [0.25, 0.3) is 0 Å². The Morgan fingerprint density at radius 1 is 1.55 bits per heavy atom. The molecule has 8 heteroatoms. The number of nitrogen functional groups attached to an aromatic ring is 1. The van der Waals surface area contributed by atoms with E-state index in [1.165, 1.54) is 7.11 Å². The van der Waals surface area contributed by atoms with Gasteiger partial charge in [-0.05, 0) is 19.9 Å². The first kappa shape index (κ1) is 15.8. The highest BCUT2D eigenvalue weighted by Crippen LogP contribution is 2.27. The molecule has 0 aliphatic rings. The molecule has 1 rings (SSSR count). The van der Waals surface area contributed by atoms with E-state index < -0.39 is 27.9 Å². The molecular weight excluding hydrogens is 269 g/mol. The van der Waals surface area contributed by atoms with E-state index in [9.17, 15) is 19.3 Å². The zero-order valence-corrected chi connectivity index (χ0v) is 11.4. The third kappa shape index (κ3) is 3.64. The van der Waals surface area contributed by atoms with Crippen LogP contribution in [0.1, 0.15) is 24.2 Å². The third-order valence-electron chi connectivity index (χ3n) is 2.52. The smallest absolute Gasteiger partial charge is 0.295 e. The van der Waals surface area contributed by atoms with E-state index in [4.69, 9.17) is 10.5 Å². The predicted octanol–water partition coefficient (Wildman–Crippen LogP) is 1.47. The second-order valence-electron chi connectivity index (χ2n) is 4.91. The fraction of sp³-hybridized carbons (Fsp3) is 0.417. The number of rotatable bonds is 5. The molecule has 0 saturated heterocycles. The van der Waals surface area contributed by atoms with Crippen LogP contribution in [0, 0.1) is 15.9 Å². The Morgan fingerprint density at radius 3 is 2.65 bits per heavy atom. The highest BCUT2D eigenvalue weighted by atomic mass is 19.1. The van der Waals surface area contributed by atoms with E-state index in [0.29, 0.717) is 6.07 Å². The largest absolute Gasteiger partial charge is 0.393 e. The van der Waals surface area contributed by atoms with Crippen LogP contribution in [0.2, 0.25) is 0 Å². The molecule has 0 fully saturated rings. The first-order chi connectivity index (χ1) is 9.18. The van der Waals surface area contributed by atoms with Crippen molar-refractivity contribution >= 4 is 17.3 Å². The lowest BCUT2D eigenvalue weighted by molar-refractivity contribution is -0.384. The quantitative estimate of drug-likeness (QED) is 0.484. The van der Waals surface area contributed by atoms with Crippen LogP contribution in [0.5, 0.6) is 0 Å². The topological polar surface area (TPSA) is 107 Å². The molecule has 0 heterocycles. The molecule has 1 aromatic rings. The lowest BCUT2D eigenvalue weighted by Crippen LogP contribution is -2.47. The summed E-state index contributed by atoms with van der Waals surface area (Å²) in [6.45, 7) is 3.60. The fourth-order valence-electron chi connectivity index (χ4n) is 1.71. The monoisotopic (exact) mass is 285 g/mol. The molecule has 0 aliphatic heterocycles. The molecule has 0 aromatic heterocycles. The predicted molar refractivity (Wildman–Crippen MR) is 70.9 cm³/mol. The molecule has 7 nitrogen and oxygen atoms in total. The van der Waals surface area contributed by atoms with Gasteiger partial charge in [0.25, 0.3) is 11.6 Å². The zero-order valence-electron chi connectivity index (χ0n) is 11.4. The highest BCUT2D eigenvalue weighted by molar-refractivity contribution is 6.01. The van der Waals surface area contributed by atoms with Crippen molar-refractivity contribution in [1.29, 1.82) is 0 Å². The third-order valence-corrected chi connectivity index (χ3v) is 2.52. The minimum Gasteiger partial charge on any atom is -0.393 e. The van der Waals surface area contributed by atoms with Crippen LogP contribution in [0.15, 0.2) is 12.1 Å². The lowest BCUT2D eigenvalue weighted by Gasteiger charge is -2.25. The van der Waals surface area contributed by atoms with Gasteiger partial charge in [-0.2, -0.15) is 0 Å². The minimum absolute atomic E-state index is 0.218. The van der Waals surface area contributed by atoms with Gasteiger partial charge in [0.2, 0.25) is 0 Å². The number of methoxy groups -OCH3 is 1. The van der Waals surface area contributed by atoms with Crippen molar-refractivity contribution in [3.05, 3.63) is 33.6 Å². The van der Waals surface area contributed by atoms with Gasteiger partial charge in [-0.15, -0.1) is 0 Å². The molecule has 1 aromatic carbocycles. The van der Waals surface area contributed by atoms with Crippen molar-refractivity contribution in [3.8, 4) is 0 Å². The summed E-state index contributed by atoms with van der Waals surface area (Å²) in [6.07, 6.45) is 0. The Morgan fingerprint density at radius 2 is 2.15 bits per heavy atom. The van der Waals surface area contributed by atoms with Gasteiger partial charge < -0.3 is 15.8 Å². The van der Waals surface area contributed by atoms with E-state index in [1.807, 2.05) is 0 Å². The molecule has 0 spiro atoms. The second kappa shape index (κ2) is 5.83. The summed E-state index contributed by atoms with van der Waals surface area (Å²) in [5, 5.41) is 13.3. The van der Waals surface area contributed by atoms with Crippen LogP contribution in [0.4, 0.5) is 15.8 Å². The molecule has 0 bridgehead atoms. The van der Waals surface area contributed by atoms with Gasteiger partial charge in [-0.1, -0.05) is 0 Å². The SMILES string of the molecule is COCC(C)(C)NC(=O)c1cc(F)cc([N+](=O)[O-])c1N. The summed E-state index contributed by atoms with van der Waals surface area (Å²) < 4.78 is 18.3. The van der Waals surface area contributed by atoms with E-state index in [-0.39, 0.29) is 17.9 Å². The number of halogens is 1.